The van der Waals surface area contributed by atoms with Crippen molar-refractivity contribution in [3.63, 3.8) is 0 Å². The molecule has 1 aromatic rings. The zero-order valence-electron chi connectivity index (χ0n) is 11.3. The molecule has 0 heterocycles. The normalized spacial score (nSPS) is 15.9. The maximum Gasteiger partial charge on any atom is 0.416 e. The van der Waals surface area contributed by atoms with Gasteiger partial charge in [0.25, 0.3) is 0 Å². The summed E-state index contributed by atoms with van der Waals surface area (Å²) in [5.74, 6) is 0. The first-order chi connectivity index (χ1) is 9.45. The quantitative estimate of drug-likeness (QED) is 0.829. The van der Waals surface area contributed by atoms with E-state index in [1.165, 1.54) is 6.92 Å². The van der Waals surface area contributed by atoms with Crippen LogP contribution in [0.4, 0.5) is 26.3 Å². The molecule has 1 unspecified atom stereocenters. The molecule has 0 bridgehead atoms. The summed E-state index contributed by atoms with van der Waals surface area (Å²) in [4.78, 5) is 0. The first kappa shape index (κ1) is 17.8. The second-order valence-electron chi connectivity index (χ2n) is 4.81. The molecule has 21 heavy (non-hydrogen) atoms. The van der Waals surface area contributed by atoms with E-state index in [0.717, 1.165) is 0 Å². The van der Waals surface area contributed by atoms with Gasteiger partial charge < -0.3 is 10.4 Å². The third kappa shape index (κ3) is 4.89. The van der Waals surface area contributed by atoms with Crippen LogP contribution in [-0.2, 0) is 12.4 Å². The molecule has 0 aromatic heterocycles. The Bertz CT molecular complexity index is 450. The minimum Gasteiger partial charge on any atom is -0.395 e. The van der Waals surface area contributed by atoms with Crippen molar-refractivity contribution in [2.75, 3.05) is 6.61 Å². The summed E-state index contributed by atoms with van der Waals surface area (Å²) < 4.78 is 76.2. The van der Waals surface area contributed by atoms with Gasteiger partial charge in [0.1, 0.15) is 0 Å². The highest BCUT2D eigenvalue weighted by Gasteiger charge is 2.37. The van der Waals surface area contributed by atoms with Crippen molar-refractivity contribution in [1.82, 2.24) is 5.32 Å². The molecule has 0 saturated heterocycles. The summed E-state index contributed by atoms with van der Waals surface area (Å²) in [5.41, 5.74) is -2.84. The van der Waals surface area contributed by atoms with Crippen LogP contribution < -0.4 is 5.32 Å². The lowest BCUT2D eigenvalue weighted by atomic mass is 10.00. The van der Waals surface area contributed by atoms with E-state index in [1.54, 1.807) is 6.92 Å². The van der Waals surface area contributed by atoms with Crippen molar-refractivity contribution < 1.29 is 31.4 Å². The van der Waals surface area contributed by atoms with Gasteiger partial charge in [0.05, 0.1) is 17.7 Å². The van der Waals surface area contributed by atoms with Gasteiger partial charge >= 0.3 is 12.4 Å². The van der Waals surface area contributed by atoms with Crippen LogP contribution in [0, 0.1) is 0 Å². The molecule has 0 radical (unpaired) electrons. The molecule has 2 N–H and O–H groups in total. The number of hydrogen-bond donors (Lipinski definition) is 2. The Labute approximate surface area is 117 Å². The fraction of sp³-hybridized carbons (Fsp3) is 0.538. The van der Waals surface area contributed by atoms with E-state index in [-0.39, 0.29) is 18.2 Å². The summed E-state index contributed by atoms with van der Waals surface area (Å²) >= 11 is 0. The summed E-state index contributed by atoms with van der Waals surface area (Å²) in [6, 6.07) is 0.221. The third-order valence-electron chi connectivity index (χ3n) is 2.92. The third-order valence-corrected chi connectivity index (χ3v) is 2.92. The van der Waals surface area contributed by atoms with Gasteiger partial charge in [-0.25, -0.2) is 0 Å². The molecule has 0 saturated carbocycles. The fourth-order valence-corrected chi connectivity index (χ4v) is 1.80. The average Bonchev–Trinajstić information content (AvgIpc) is 2.35. The highest BCUT2D eigenvalue weighted by molar-refractivity contribution is 5.35. The first-order valence-electron chi connectivity index (χ1n) is 6.11. The van der Waals surface area contributed by atoms with Crippen LogP contribution in [0.5, 0.6) is 0 Å². The topological polar surface area (TPSA) is 32.3 Å². The molecule has 2 nitrogen and oxygen atoms in total. The Hall–Kier alpha value is -1.28. The number of alkyl halides is 6. The molecule has 8 heteroatoms. The molecule has 1 aromatic carbocycles. The molecule has 0 aliphatic rings. The van der Waals surface area contributed by atoms with Gasteiger partial charge in [-0.15, -0.1) is 0 Å². The first-order valence-corrected chi connectivity index (χ1v) is 6.11. The molecule has 0 aliphatic carbocycles. The Morgan fingerprint density at radius 3 is 1.71 bits per heavy atom. The Balaban J connectivity index is 3.25. The molecule has 120 valence electrons. The molecule has 0 fully saturated rings. The fourth-order valence-electron chi connectivity index (χ4n) is 1.80. The van der Waals surface area contributed by atoms with E-state index in [2.05, 4.69) is 5.32 Å². The van der Waals surface area contributed by atoms with Crippen LogP contribution >= 0.6 is 0 Å². The van der Waals surface area contributed by atoms with E-state index < -0.39 is 35.6 Å². The van der Waals surface area contributed by atoms with E-state index in [0.29, 0.717) is 12.1 Å². The van der Waals surface area contributed by atoms with Gasteiger partial charge in [-0.3, -0.25) is 0 Å². The van der Waals surface area contributed by atoms with E-state index in [9.17, 15) is 26.3 Å². The average molecular weight is 315 g/mol. The highest BCUT2D eigenvalue weighted by Crippen LogP contribution is 2.37. The maximum atomic E-state index is 12.7. The van der Waals surface area contributed by atoms with Crippen LogP contribution in [0.25, 0.3) is 0 Å². The predicted octanol–water partition coefficient (Wildman–Crippen LogP) is 3.76. The van der Waals surface area contributed by atoms with Crippen LogP contribution in [0.15, 0.2) is 18.2 Å². The van der Waals surface area contributed by atoms with Crippen molar-refractivity contribution in [2.24, 2.45) is 0 Å². The number of benzene rings is 1. The minimum atomic E-state index is -4.86. The van der Waals surface area contributed by atoms with Crippen molar-refractivity contribution in [3.05, 3.63) is 34.9 Å². The molecule has 0 amide bonds. The number of hydrogen-bond acceptors (Lipinski definition) is 2. The van der Waals surface area contributed by atoms with Crippen molar-refractivity contribution in [2.45, 2.75) is 38.3 Å². The molecular weight excluding hydrogens is 300 g/mol. The van der Waals surface area contributed by atoms with Crippen LogP contribution in [0.1, 0.15) is 36.6 Å². The monoisotopic (exact) mass is 315 g/mol. The summed E-state index contributed by atoms with van der Waals surface area (Å²) in [5, 5.41) is 11.6. The van der Waals surface area contributed by atoms with Crippen molar-refractivity contribution >= 4 is 0 Å². The number of halogens is 6. The lowest BCUT2D eigenvalue weighted by Gasteiger charge is -2.21. The number of nitrogens with one attached hydrogen (secondary N) is 1. The molecule has 1 rings (SSSR count). The van der Waals surface area contributed by atoms with Crippen molar-refractivity contribution in [3.8, 4) is 0 Å². The van der Waals surface area contributed by atoms with Crippen LogP contribution in [0.2, 0.25) is 0 Å². The lowest BCUT2D eigenvalue weighted by molar-refractivity contribution is -0.143. The predicted molar refractivity (Wildman–Crippen MR) is 64.5 cm³/mol. The molecular formula is C13H15F6NO. The summed E-state index contributed by atoms with van der Waals surface area (Å²) in [6.45, 7) is 2.71. The number of rotatable bonds is 4. The van der Waals surface area contributed by atoms with E-state index in [4.69, 9.17) is 5.11 Å². The Morgan fingerprint density at radius 1 is 0.952 bits per heavy atom. The molecule has 0 aliphatic heterocycles. The highest BCUT2D eigenvalue weighted by atomic mass is 19.4. The second kappa shape index (κ2) is 6.23. The van der Waals surface area contributed by atoms with Gasteiger partial charge in [-0.2, -0.15) is 26.3 Å². The SMILES string of the molecule is CC(N[C@H](C)CO)c1cc(C(F)(F)F)cc(C(F)(F)F)c1. The zero-order chi connectivity index (χ0) is 16.4. The standard InChI is InChI=1S/C13H15F6NO/c1-7(6-21)20-8(2)9-3-10(12(14,15)16)5-11(4-9)13(17,18)19/h3-5,7-8,20-21H,6H2,1-2H3/t7-,8?/m1/s1. The second-order valence-corrected chi connectivity index (χ2v) is 4.81. The van der Waals surface area contributed by atoms with Gasteiger partial charge in [0.15, 0.2) is 0 Å². The smallest absolute Gasteiger partial charge is 0.395 e. The minimum absolute atomic E-state index is 0.0890. The number of aliphatic hydroxyl groups excluding tert-OH is 1. The lowest BCUT2D eigenvalue weighted by Crippen LogP contribution is -2.32. The largest absolute Gasteiger partial charge is 0.416 e. The Kier molecular flexibility index (Phi) is 5.27. The van der Waals surface area contributed by atoms with Gasteiger partial charge in [0.2, 0.25) is 0 Å². The van der Waals surface area contributed by atoms with E-state index >= 15 is 0 Å². The van der Waals surface area contributed by atoms with Crippen molar-refractivity contribution in [1.29, 1.82) is 0 Å². The van der Waals surface area contributed by atoms with Gasteiger partial charge in [0, 0.05) is 12.1 Å². The van der Waals surface area contributed by atoms with Crippen LogP contribution in [-0.4, -0.2) is 17.8 Å². The van der Waals surface area contributed by atoms with Gasteiger partial charge in [-0.05, 0) is 37.6 Å². The molecule has 0 spiro atoms. The molecule has 2 atom stereocenters. The van der Waals surface area contributed by atoms with E-state index in [1.807, 2.05) is 0 Å². The summed E-state index contributed by atoms with van der Waals surface area (Å²) in [7, 11) is 0. The van der Waals surface area contributed by atoms with Gasteiger partial charge in [-0.1, -0.05) is 0 Å². The summed E-state index contributed by atoms with van der Waals surface area (Å²) in [6.07, 6.45) is -9.73. The van der Waals surface area contributed by atoms with Crippen LogP contribution in [0.3, 0.4) is 0 Å². The Morgan fingerprint density at radius 2 is 1.38 bits per heavy atom. The zero-order valence-corrected chi connectivity index (χ0v) is 11.3. The number of aliphatic hydroxyl groups is 1. The maximum absolute atomic E-state index is 12.7.